The summed E-state index contributed by atoms with van der Waals surface area (Å²) in [6.07, 6.45) is 2.70. The smallest absolute Gasteiger partial charge is 0.0931 e. The third kappa shape index (κ3) is 3.45. The molecule has 0 spiro atoms. The Balaban J connectivity index is 1.88. The molecule has 2 heterocycles. The molecule has 0 radical (unpaired) electrons. The van der Waals surface area contributed by atoms with Gasteiger partial charge < -0.3 is 0 Å². The third-order valence-electron chi connectivity index (χ3n) is 2.83. The molecule has 0 aliphatic carbocycles. The molecule has 2 rings (SSSR count). The van der Waals surface area contributed by atoms with Crippen LogP contribution in [0.2, 0.25) is 4.34 Å². The number of hydrogen-bond acceptors (Lipinski definition) is 2. The molecule has 0 bridgehead atoms. The lowest BCUT2D eigenvalue weighted by molar-refractivity contribution is 0.181. The second kappa shape index (κ2) is 5.67. The van der Waals surface area contributed by atoms with Crippen LogP contribution in [0.25, 0.3) is 0 Å². The summed E-state index contributed by atoms with van der Waals surface area (Å²) in [5.74, 6) is 0.828. The maximum absolute atomic E-state index is 5.93. The number of rotatable bonds is 3. The molecule has 1 aliphatic rings. The van der Waals surface area contributed by atoms with Crippen molar-refractivity contribution in [2.45, 2.75) is 19.4 Å². The van der Waals surface area contributed by atoms with Gasteiger partial charge in [-0.1, -0.05) is 27.5 Å². The van der Waals surface area contributed by atoms with Crippen molar-refractivity contribution >= 4 is 38.9 Å². The fourth-order valence-corrected chi connectivity index (χ4v) is 3.74. The molecule has 84 valence electrons. The van der Waals surface area contributed by atoms with E-state index in [0.717, 1.165) is 22.1 Å². The first-order valence-corrected chi connectivity index (χ1v) is 7.62. The average molecular weight is 309 g/mol. The monoisotopic (exact) mass is 307 g/mol. The van der Waals surface area contributed by atoms with Crippen molar-refractivity contribution < 1.29 is 0 Å². The molecule has 1 fully saturated rings. The van der Waals surface area contributed by atoms with E-state index >= 15 is 0 Å². The van der Waals surface area contributed by atoms with Gasteiger partial charge in [0.1, 0.15) is 0 Å². The zero-order valence-corrected chi connectivity index (χ0v) is 11.7. The predicted molar refractivity (Wildman–Crippen MR) is 71.1 cm³/mol. The van der Waals surface area contributed by atoms with Gasteiger partial charge in [-0.05, 0) is 37.4 Å². The Morgan fingerprint density at radius 3 is 3.07 bits per heavy atom. The number of halogens is 2. The maximum Gasteiger partial charge on any atom is 0.0931 e. The van der Waals surface area contributed by atoms with E-state index < -0.39 is 0 Å². The summed E-state index contributed by atoms with van der Waals surface area (Å²) in [6, 6.07) is 4.14. The Hall–Kier alpha value is 0.430. The van der Waals surface area contributed by atoms with Crippen molar-refractivity contribution in [3.8, 4) is 0 Å². The first kappa shape index (κ1) is 11.9. The van der Waals surface area contributed by atoms with Crippen LogP contribution in [0.1, 0.15) is 17.7 Å². The van der Waals surface area contributed by atoms with Gasteiger partial charge in [0.2, 0.25) is 0 Å². The largest absolute Gasteiger partial charge is 0.298 e. The Labute approximate surface area is 109 Å². The molecule has 1 aromatic heterocycles. The first-order chi connectivity index (χ1) is 7.28. The molecule has 0 aromatic carbocycles. The minimum Gasteiger partial charge on any atom is -0.298 e. The quantitative estimate of drug-likeness (QED) is 0.763. The topological polar surface area (TPSA) is 3.24 Å². The Morgan fingerprint density at radius 1 is 1.53 bits per heavy atom. The molecule has 1 aliphatic heterocycles. The van der Waals surface area contributed by atoms with E-state index in [-0.39, 0.29) is 0 Å². The van der Waals surface area contributed by atoms with Crippen LogP contribution in [0.4, 0.5) is 0 Å². The zero-order chi connectivity index (χ0) is 10.7. The minimum atomic E-state index is 0.828. The van der Waals surface area contributed by atoms with Gasteiger partial charge in [0, 0.05) is 23.3 Å². The summed E-state index contributed by atoms with van der Waals surface area (Å²) < 4.78 is 0.902. The van der Waals surface area contributed by atoms with Crippen molar-refractivity contribution in [2.75, 3.05) is 18.4 Å². The molecule has 1 aromatic rings. The summed E-state index contributed by atoms with van der Waals surface area (Å²) in [7, 11) is 0. The lowest BCUT2D eigenvalue weighted by atomic mass is 10.0. The van der Waals surface area contributed by atoms with Crippen LogP contribution in [-0.4, -0.2) is 23.3 Å². The van der Waals surface area contributed by atoms with Crippen molar-refractivity contribution in [1.29, 1.82) is 0 Å². The molecule has 0 N–H and O–H groups in total. The second-order valence-corrected chi connectivity index (χ2v) is 6.55. The standard InChI is InChI=1S/C11H15BrClNS/c12-6-9-2-1-5-14(7-9)8-10-3-4-11(13)15-10/h3-4,9H,1-2,5-8H2. The highest BCUT2D eigenvalue weighted by Gasteiger charge is 2.19. The SMILES string of the molecule is Clc1ccc(CN2CCCC(CBr)C2)s1. The maximum atomic E-state index is 5.93. The fourth-order valence-electron chi connectivity index (χ4n) is 2.08. The van der Waals surface area contributed by atoms with Crippen LogP contribution < -0.4 is 0 Å². The van der Waals surface area contributed by atoms with E-state index in [0.29, 0.717) is 0 Å². The van der Waals surface area contributed by atoms with Crippen molar-refractivity contribution in [1.82, 2.24) is 4.90 Å². The van der Waals surface area contributed by atoms with Crippen LogP contribution in [0.15, 0.2) is 12.1 Å². The van der Waals surface area contributed by atoms with Crippen LogP contribution in [0.3, 0.4) is 0 Å². The van der Waals surface area contributed by atoms with E-state index in [1.54, 1.807) is 11.3 Å². The zero-order valence-electron chi connectivity index (χ0n) is 8.59. The number of hydrogen-bond donors (Lipinski definition) is 0. The Kier molecular flexibility index (Phi) is 4.50. The van der Waals surface area contributed by atoms with Gasteiger partial charge in [0.15, 0.2) is 0 Å². The molecular formula is C11H15BrClNS. The molecule has 1 atom stereocenters. The van der Waals surface area contributed by atoms with Gasteiger partial charge >= 0.3 is 0 Å². The van der Waals surface area contributed by atoms with Crippen LogP contribution >= 0.6 is 38.9 Å². The highest BCUT2D eigenvalue weighted by Crippen LogP contribution is 2.25. The highest BCUT2D eigenvalue weighted by molar-refractivity contribution is 9.09. The van der Waals surface area contributed by atoms with E-state index in [1.807, 2.05) is 6.07 Å². The molecule has 0 saturated carbocycles. The summed E-state index contributed by atoms with van der Waals surface area (Å²) in [6.45, 7) is 3.53. The van der Waals surface area contributed by atoms with Crippen molar-refractivity contribution in [2.24, 2.45) is 5.92 Å². The number of thiophene rings is 1. The minimum absolute atomic E-state index is 0.828. The third-order valence-corrected chi connectivity index (χ3v) is 4.96. The van der Waals surface area contributed by atoms with Crippen LogP contribution in [0.5, 0.6) is 0 Å². The number of likely N-dealkylation sites (tertiary alicyclic amines) is 1. The summed E-state index contributed by atoms with van der Waals surface area (Å²) in [5, 5.41) is 1.13. The second-order valence-electron chi connectivity index (χ2n) is 4.10. The predicted octanol–water partition coefficient (Wildman–Crippen LogP) is 4.01. The molecule has 1 nitrogen and oxygen atoms in total. The van der Waals surface area contributed by atoms with Crippen LogP contribution in [0, 0.1) is 5.92 Å². The van der Waals surface area contributed by atoms with E-state index in [9.17, 15) is 0 Å². The van der Waals surface area contributed by atoms with Crippen molar-refractivity contribution in [3.05, 3.63) is 21.3 Å². The molecule has 4 heteroatoms. The van der Waals surface area contributed by atoms with Gasteiger partial charge in [-0.25, -0.2) is 0 Å². The summed E-state index contributed by atoms with van der Waals surface area (Å²) in [4.78, 5) is 3.92. The van der Waals surface area contributed by atoms with Gasteiger partial charge in [0.25, 0.3) is 0 Å². The van der Waals surface area contributed by atoms with Gasteiger partial charge in [-0.2, -0.15) is 0 Å². The number of piperidine rings is 1. The summed E-state index contributed by atoms with van der Waals surface area (Å²) in [5.41, 5.74) is 0. The normalized spacial score (nSPS) is 23.2. The first-order valence-electron chi connectivity index (χ1n) is 5.30. The summed E-state index contributed by atoms with van der Waals surface area (Å²) >= 11 is 11.2. The number of alkyl halides is 1. The highest BCUT2D eigenvalue weighted by atomic mass is 79.9. The molecule has 15 heavy (non-hydrogen) atoms. The Bertz CT molecular complexity index is 315. The van der Waals surface area contributed by atoms with Crippen LogP contribution in [-0.2, 0) is 6.54 Å². The van der Waals surface area contributed by atoms with E-state index in [2.05, 4.69) is 26.9 Å². The van der Waals surface area contributed by atoms with Gasteiger partial charge in [-0.3, -0.25) is 4.90 Å². The lowest BCUT2D eigenvalue weighted by Gasteiger charge is -2.31. The van der Waals surface area contributed by atoms with Crippen molar-refractivity contribution in [3.63, 3.8) is 0 Å². The lowest BCUT2D eigenvalue weighted by Crippen LogP contribution is -2.35. The number of nitrogens with zero attached hydrogens (tertiary/aromatic N) is 1. The molecular weight excluding hydrogens is 294 g/mol. The van der Waals surface area contributed by atoms with E-state index in [1.165, 1.54) is 30.8 Å². The van der Waals surface area contributed by atoms with E-state index in [4.69, 9.17) is 11.6 Å². The average Bonchev–Trinajstić information content (AvgIpc) is 2.64. The molecule has 0 amide bonds. The molecule has 1 unspecified atom stereocenters. The van der Waals surface area contributed by atoms with Gasteiger partial charge in [-0.15, -0.1) is 11.3 Å². The fraction of sp³-hybridized carbons (Fsp3) is 0.636. The molecule has 1 saturated heterocycles. The Morgan fingerprint density at radius 2 is 2.40 bits per heavy atom. The van der Waals surface area contributed by atoms with Gasteiger partial charge in [0.05, 0.1) is 4.34 Å².